The summed E-state index contributed by atoms with van der Waals surface area (Å²) >= 11 is 0. The normalized spacial score (nSPS) is 21.6. The Morgan fingerprint density at radius 1 is 1.00 bits per heavy atom. The number of nitrogens with one attached hydrogen (secondary N) is 2. The largest absolute Gasteiger partial charge is 0.356 e. The first kappa shape index (κ1) is 18.9. The van der Waals surface area contributed by atoms with Gasteiger partial charge in [-0.3, -0.25) is 9.59 Å². The van der Waals surface area contributed by atoms with Gasteiger partial charge in [-0.25, -0.2) is 0 Å². The first-order valence-electron chi connectivity index (χ1n) is 8.83. The maximum Gasteiger partial charge on any atom is 0.219 e. The van der Waals surface area contributed by atoms with Gasteiger partial charge in [-0.15, -0.1) is 0 Å². The van der Waals surface area contributed by atoms with Crippen LogP contribution in [0.3, 0.4) is 0 Å². The molecule has 2 amide bonds. The maximum atomic E-state index is 11.4. The number of amides is 2. The number of rotatable bonds is 9. The van der Waals surface area contributed by atoms with E-state index in [9.17, 15) is 9.59 Å². The zero-order valence-corrected chi connectivity index (χ0v) is 14.5. The second kappa shape index (κ2) is 10.6. The molecule has 1 aliphatic carbocycles. The van der Waals surface area contributed by atoms with Crippen LogP contribution < -0.4 is 10.6 Å². The standard InChI is InChI=1S/C17H33N3O2/c1-4-16(21)18-12-6-7-13-20(3)15-10-8-14(9-11-15)19-17(22)5-2/h14-15H,4-13H2,1-3H3,(H,18,21)(H,19,22). The van der Waals surface area contributed by atoms with Gasteiger partial charge in [0.2, 0.25) is 11.8 Å². The van der Waals surface area contributed by atoms with Crippen molar-refractivity contribution in [3.05, 3.63) is 0 Å². The molecule has 0 bridgehead atoms. The van der Waals surface area contributed by atoms with Gasteiger partial charge < -0.3 is 15.5 Å². The number of carbonyl (C=O) groups excluding carboxylic acids is 2. The second-order valence-electron chi connectivity index (χ2n) is 6.32. The summed E-state index contributed by atoms with van der Waals surface area (Å²) in [6.07, 6.45) is 7.81. The van der Waals surface area contributed by atoms with Gasteiger partial charge in [0.15, 0.2) is 0 Å². The number of nitrogens with zero attached hydrogens (tertiary/aromatic N) is 1. The van der Waals surface area contributed by atoms with E-state index in [1.807, 2.05) is 13.8 Å². The van der Waals surface area contributed by atoms with Crippen LogP contribution in [-0.2, 0) is 9.59 Å². The highest BCUT2D eigenvalue weighted by Crippen LogP contribution is 2.22. The molecule has 1 saturated carbocycles. The van der Waals surface area contributed by atoms with Gasteiger partial charge >= 0.3 is 0 Å². The predicted octanol–water partition coefficient (Wildman–Crippen LogP) is 2.06. The number of hydrogen-bond acceptors (Lipinski definition) is 3. The van der Waals surface area contributed by atoms with E-state index in [2.05, 4.69) is 22.6 Å². The van der Waals surface area contributed by atoms with Crippen molar-refractivity contribution in [3.63, 3.8) is 0 Å². The Kier molecular flexibility index (Phi) is 9.13. The van der Waals surface area contributed by atoms with Crippen LogP contribution >= 0.6 is 0 Å². The minimum absolute atomic E-state index is 0.140. The Labute approximate surface area is 135 Å². The highest BCUT2D eigenvalue weighted by molar-refractivity contribution is 5.76. The summed E-state index contributed by atoms with van der Waals surface area (Å²) < 4.78 is 0. The molecular weight excluding hydrogens is 278 g/mol. The molecule has 1 rings (SSSR count). The van der Waals surface area contributed by atoms with E-state index in [1.54, 1.807) is 0 Å². The summed E-state index contributed by atoms with van der Waals surface area (Å²) in [5.74, 6) is 0.312. The Bertz CT molecular complexity index is 339. The first-order valence-corrected chi connectivity index (χ1v) is 8.83. The lowest BCUT2D eigenvalue weighted by Crippen LogP contribution is -2.42. The van der Waals surface area contributed by atoms with Crippen molar-refractivity contribution in [3.8, 4) is 0 Å². The highest BCUT2D eigenvalue weighted by atomic mass is 16.2. The van der Waals surface area contributed by atoms with Gasteiger partial charge in [0.25, 0.3) is 0 Å². The summed E-state index contributed by atoms with van der Waals surface area (Å²) in [6.45, 7) is 5.65. The van der Waals surface area contributed by atoms with Gasteiger partial charge in [0, 0.05) is 31.5 Å². The second-order valence-corrected chi connectivity index (χ2v) is 6.32. The zero-order chi connectivity index (χ0) is 16.4. The summed E-state index contributed by atoms with van der Waals surface area (Å²) in [5.41, 5.74) is 0. The van der Waals surface area contributed by atoms with Crippen LogP contribution in [0.5, 0.6) is 0 Å². The Balaban J connectivity index is 2.11. The summed E-state index contributed by atoms with van der Waals surface area (Å²) in [6, 6.07) is 1.02. The molecule has 0 aliphatic heterocycles. The van der Waals surface area contributed by atoms with Crippen LogP contribution in [0.1, 0.15) is 65.2 Å². The third kappa shape index (κ3) is 7.25. The minimum Gasteiger partial charge on any atom is -0.356 e. The van der Waals surface area contributed by atoms with E-state index in [4.69, 9.17) is 0 Å². The van der Waals surface area contributed by atoms with Gasteiger partial charge in [-0.05, 0) is 52.1 Å². The quantitative estimate of drug-likeness (QED) is 0.641. The summed E-state index contributed by atoms with van der Waals surface area (Å²) in [4.78, 5) is 25.0. The van der Waals surface area contributed by atoms with E-state index in [0.717, 1.165) is 51.6 Å². The molecule has 0 saturated heterocycles. The fourth-order valence-corrected chi connectivity index (χ4v) is 3.01. The lowest BCUT2D eigenvalue weighted by molar-refractivity contribution is -0.122. The minimum atomic E-state index is 0.140. The molecule has 0 aromatic carbocycles. The molecule has 0 spiro atoms. The average Bonchev–Trinajstić information content (AvgIpc) is 2.54. The molecule has 0 unspecified atom stereocenters. The van der Waals surface area contributed by atoms with Crippen molar-refractivity contribution in [2.24, 2.45) is 0 Å². The van der Waals surface area contributed by atoms with Crippen LogP contribution in [0.15, 0.2) is 0 Å². The van der Waals surface area contributed by atoms with Crippen LogP contribution in [0.25, 0.3) is 0 Å². The smallest absolute Gasteiger partial charge is 0.219 e. The van der Waals surface area contributed by atoms with Crippen molar-refractivity contribution in [1.29, 1.82) is 0 Å². The van der Waals surface area contributed by atoms with Crippen LogP contribution in [0.2, 0.25) is 0 Å². The van der Waals surface area contributed by atoms with Gasteiger partial charge in [-0.2, -0.15) is 0 Å². The van der Waals surface area contributed by atoms with Crippen LogP contribution in [-0.4, -0.2) is 48.9 Å². The van der Waals surface area contributed by atoms with Crippen molar-refractivity contribution in [1.82, 2.24) is 15.5 Å². The van der Waals surface area contributed by atoms with Gasteiger partial charge in [0.05, 0.1) is 0 Å². The van der Waals surface area contributed by atoms with E-state index in [1.165, 1.54) is 0 Å². The van der Waals surface area contributed by atoms with Crippen molar-refractivity contribution in [2.75, 3.05) is 20.1 Å². The van der Waals surface area contributed by atoms with E-state index in [-0.39, 0.29) is 11.8 Å². The molecule has 22 heavy (non-hydrogen) atoms. The fourth-order valence-electron chi connectivity index (χ4n) is 3.01. The predicted molar refractivity (Wildman–Crippen MR) is 89.6 cm³/mol. The van der Waals surface area contributed by atoms with Crippen LogP contribution in [0.4, 0.5) is 0 Å². The van der Waals surface area contributed by atoms with Gasteiger partial charge in [-0.1, -0.05) is 13.8 Å². The summed E-state index contributed by atoms with van der Waals surface area (Å²) in [5, 5.41) is 6.02. The van der Waals surface area contributed by atoms with E-state index >= 15 is 0 Å². The molecule has 0 radical (unpaired) electrons. The molecular formula is C17H33N3O2. The molecule has 2 N–H and O–H groups in total. The molecule has 1 aliphatic rings. The topological polar surface area (TPSA) is 61.4 Å². The Morgan fingerprint density at radius 2 is 1.64 bits per heavy atom. The first-order chi connectivity index (χ1) is 10.6. The van der Waals surface area contributed by atoms with E-state index < -0.39 is 0 Å². The lowest BCUT2D eigenvalue weighted by atomic mass is 9.90. The number of carbonyl (C=O) groups is 2. The van der Waals surface area contributed by atoms with Crippen molar-refractivity contribution >= 4 is 11.8 Å². The van der Waals surface area contributed by atoms with Crippen molar-refractivity contribution in [2.45, 2.75) is 77.3 Å². The van der Waals surface area contributed by atoms with Crippen LogP contribution in [0, 0.1) is 0 Å². The molecule has 5 heteroatoms. The average molecular weight is 311 g/mol. The molecule has 128 valence electrons. The molecule has 0 aromatic rings. The molecule has 1 fully saturated rings. The fraction of sp³-hybridized carbons (Fsp3) is 0.882. The van der Waals surface area contributed by atoms with Gasteiger partial charge in [0.1, 0.15) is 0 Å². The number of unbranched alkanes of at least 4 members (excludes halogenated alkanes) is 1. The number of hydrogen-bond donors (Lipinski definition) is 2. The third-order valence-corrected chi connectivity index (χ3v) is 4.59. The zero-order valence-electron chi connectivity index (χ0n) is 14.5. The lowest BCUT2D eigenvalue weighted by Gasteiger charge is -2.35. The maximum absolute atomic E-state index is 11.4. The van der Waals surface area contributed by atoms with E-state index in [0.29, 0.717) is 24.9 Å². The molecule has 0 aromatic heterocycles. The van der Waals surface area contributed by atoms with Crippen molar-refractivity contribution < 1.29 is 9.59 Å². The molecule has 0 heterocycles. The third-order valence-electron chi connectivity index (χ3n) is 4.59. The SMILES string of the molecule is CCC(=O)NCCCCN(C)C1CCC(NC(=O)CC)CC1. The molecule has 0 atom stereocenters. The summed E-state index contributed by atoms with van der Waals surface area (Å²) in [7, 11) is 2.19. The Morgan fingerprint density at radius 3 is 2.23 bits per heavy atom. The molecule has 5 nitrogen and oxygen atoms in total. The Hall–Kier alpha value is -1.10. The monoisotopic (exact) mass is 311 g/mol. The highest BCUT2D eigenvalue weighted by Gasteiger charge is 2.24.